The summed E-state index contributed by atoms with van der Waals surface area (Å²) in [6, 6.07) is 15.8. The Labute approximate surface area is 163 Å². The van der Waals surface area contributed by atoms with Crippen LogP contribution >= 0.6 is 0 Å². The number of carbonyl (C=O) groups excluding carboxylic acids is 1. The van der Waals surface area contributed by atoms with Gasteiger partial charge in [-0.2, -0.15) is 0 Å². The van der Waals surface area contributed by atoms with Crippen LogP contribution in [0.4, 0.5) is 0 Å². The van der Waals surface area contributed by atoms with E-state index < -0.39 is 0 Å². The second-order valence-corrected chi connectivity index (χ2v) is 6.82. The maximum absolute atomic E-state index is 12.2. The van der Waals surface area contributed by atoms with Gasteiger partial charge >= 0.3 is 0 Å². The minimum atomic E-state index is -0.0184. The van der Waals surface area contributed by atoms with Crippen molar-refractivity contribution >= 4 is 27.8 Å². The van der Waals surface area contributed by atoms with Crippen molar-refractivity contribution < 1.29 is 13.9 Å². The molecule has 142 valence electrons. The molecule has 28 heavy (non-hydrogen) atoms. The highest BCUT2D eigenvalue weighted by molar-refractivity contribution is 5.88. The normalized spacial score (nSPS) is 11.0. The van der Waals surface area contributed by atoms with Gasteiger partial charge in [0.05, 0.1) is 19.3 Å². The highest BCUT2D eigenvalue weighted by Crippen LogP contribution is 2.23. The number of furan rings is 1. The molecule has 0 aliphatic rings. The summed E-state index contributed by atoms with van der Waals surface area (Å²) in [6.07, 6.45) is 4.46. The number of carbonyl (C=O) groups is 1. The van der Waals surface area contributed by atoms with E-state index in [1.165, 1.54) is 0 Å². The van der Waals surface area contributed by atoms with E-state index >= 15 is 0 Å². The summed E-state index contributed by atoms with van der Waals surface area (Å²) in [5, 5.41) is 4.99. The first-order valence-corrected chi connectivity index (χ1v) is 9.41. The zero-order valence-electron chi connectivity index (χ0n) is 15.8. The predicted octanol–water partition coefficient (Wildman–Crippen LogP) is 4.42. The molecule has 2 heterocycles. The van der Waals surface area contributed by atoms with Crippen LogP contribution in [0, 0.1) is 6.92 Å². The molecular formula is C23H22N2O3. The lowest BCUT2D eigenvalue weighted by molar-refractivity contribution is -0.120. The van der Waals surface area contributed by atoms with Crippen molar-refractivity contribution in [1.29, 1.82) is 0 Å². The number of hydrogen-bond donors (Lipinski definition) is 1. The number of aromatic nitrogens is 1. The predicted molar refractivity (Wildman–Crippen MR) is 110 cm³/mol. The third-order valence-electron chi connectivity index (χ3n) is 4.66. The number of rotatable bonds is 7. The van der Waals surface area contributed by atoms with Gasteiger partial charge in [-0.15, -0.1) is 0 Å². The van der Waals surface area contributed by atoms with Crippen LogP contribution in [0.1, 0.15) is 17.5 Å². The molecule has 4 aromatic rings. The van der Waals surface area contributed by atoms with Gasteiger partial charge in [0.15, 0.2) is 0 Å². The number of benzene rings is 2. The molecule has 0 unspecified atom stereocenters. The van der Waals surface area contributed by atoms with E-state index in [1.807, 2.05) is 55.5 Å². The number of pyridine rings is 1. The van der Waals surface area contributed by atoms with E-state index in [9.17, 15) is 4.79 Å². The molecule has 0 saturated carbocycles. The summed E-state index contributed by atoms with van der Waals surface area (Å²) < 4.78 is 11.4. The number of fused-ring (bicyclic) bond motifs is 2. The van der Waals surface area contributed by atoms with Gasteiger partial charge < -0.3 is 14.5 Å². The van der Waals surface area contributed by atoms with Crippen molar-refractivity contribution in [2.45, 2.75) is 19.8 Å². The molecular weight excluding hydrogens is 352 g/mol. The van der Waals surface area contributed by atoms with Crippen molar-refractivity contribution in [3.05, 3.63) is 72.1 Å². The number of ether oxygens (including phenoxy) is 1. The lowest BCUT2D eigenvalue weighted by atomic mass is 10.1. The number of aryl methyl sites for hydroxylation is 1. The van der Waals surface area contributed by atoms with Crippen LogP contribution in [0.5, 0.6) is 5.75 Å². The summed E-state index contributed by atoms with van der Waals surface area (Å²) in [7, 11) is 0. The lowest BCUT2D eigenvalue weighted by Gasteiger charge is -2.09. The van der Waals surface area contributed by atoms with Crippen molar-refractivity contribution in [2.75, 3.05) is 13.2 Å². The molecule has 5 nitrogen and oxygen atoms in total. The fourth-order valence-electron chi connectivity index (χ4n) is 3.24. The van der Waals surface area contributed by atoms with E-state index in [0.29, 0.717) is 19.6 Å². The molecule has 2 aromatic heterocycles. The van der Waals surface area contributed by atoms with Crippen LogP contribution in [0.2, 0.25) is 0 Å². The molecule has 0 radical (unpaired) electrons. The topological polar surface area (TPSA) is 64.4 Å². The Morgan fingerprint density at radius 2 is 2.07 bits per heavy atom. The van der Waals surface area contributed by atoms with Crippen LogP contribution in [-0.4, -0.2) is 24.0 Å². The third-order valence-corrected chi connectivity index (χ3v) is 4.66. The van der Waals surface area contributed by atoms with Crippen molar-refractivity contribution in [3.8, 4) is 5.75 Å². The van der Waals surface area contributed by atoms with Gasteiger partial charge in [-0.1, -0.05) is 30.3 Å². The van der Waals surface area contributed by atoms with Crippen LogP contribution in [-0.2, 0) is 11.2 Å². The first-order valence-electron chi connectivity index (χ1n) is 9.41. The monoisotopic (exact) mass is 374 g/mol. The zero-order valence-corrected chi connectivity index (χ0v) is 15.8. The van der Waals surface area contributed by atoms with Crippen molar-refractivity contribution in [1.82, 2.24) is 10.3 Å². The minimum absolute atomic E-state index is 0.0184. The molecule has 2 aromatic carbocycles. The van der Waals surface area contributed by atoms with Gasteiger partial charge in [0.1, 0.15) is 16.8 Å². The van der Waals surface area contributed by atoms with Crippen LogP contribution in [0.3, 0.4) is 0 Å². The highest BCUT2D eigenvalue weighted by Gasteiger charge is 2.10. The number of nitrogens with zero attached hydrogens (tertiary/aromatic N) is 1. The molecule has 0 fully saturated rings. The molecule has 0 atom stereocenters. The lowest BCUT2D eigenvalue weighted by Crippen LogP contribution is -2.27. The smallest absolute Gasteiger partial charge is 0.224 e. The average Bonchev–Trinajstić information content (AvgIpc) is 3.09. The minimum Gasteiger partial charge on any atom is -0.491 e. The van der Waals surface area contributed by atoms with E-state index in [0.717, 1.165) is 45.2 Å². The maximum Gasteiger partial charge on any atom is 0.224 e. The third kappa shape index (κ3) is 3.98. The van der Waals surface area contributed by atoms with Gasteiger partial charge in [-0.25, -0.2) is 0 Å². The fraction of sp³-hybridized carbons (Fsp3) is 0.217. The van der Waals surface area contributed by atoms with E-state index in [1.54, 1.807) is 12.5 Å². The quantitative estimate of drug-likeness (QED) is 0.487. The Bertz CT molecular complexity index is 1110. The first-order chi connectivity index (χ1) is 13.7. The Kier molecular flexibility index (Phi) is 5.24. The molecule has 0 aliphatic heterocycles. The number of nitrogens with one attached hydrogen (secondary N) is 1. The maximum atomic E-state index is 12.2. The molecule has 0 saturated heterocycles. The zero-order chi connectivity index (χ0) is 19.3. The summed E-state index contributed by atoms with van der Waals surface area (Å²) in [5.41, 5.74) is 3.72. The Balaban J connectivity index is 1.25. The number of amides is 1. The van der Waals surface area contributed by atoms with Gasteiger partial charge in [-0.3, -0.25) is 9.78 Å². The Morgan fingerprint density at radius 3 is 3.00 bits per heavy atom. The van der Waals surface area contributed by atoms with Crippen molar-refractivity contribution in [2.24, 2.45) is 0 Å². The average molecular weight is 374 g/mol. The number of hydrogen-bond acceptors (Lipinski definition) is 4. The highest BCUT2D eigenvalue weighted by atomic mass is 16.5. The summed E-state index contributed by atoms with van der Waals surface area (Å²) >= 11 is 0. The van der Waals surface area contributed by atoms with Crippen molar-refractivity contribution in [3.63, 3.8) is 0 Å². The summed E-state index contributed by atoms with van der Waals surface area (Å²) in [6.45, 7) is 3.10. The molecule has 0 bridgehead atoms. The Morgan fingerprint density at radius 1 is 1.18 bits per heavy atom. The molecule has 5 heteroatoms. The van der Waals surface area contributed by atoms with E-state index in [2.05, 4.69) is 10.3 Å². The molecule has 1 N–H and O–H groups in total. The second-order valence-electron chi connectivity index (χ2n) is 6.82. The van der Waals surface area contributed by atoms with Crippen LogP contribution in [0.15, 0.2) is 65.4 Å². The molecule has 1 amide bonds. The first kappa shape index (κ1) is 18.0. The largest absolute Gasteiger partial charge is 0.491 e. The van der Waals surface area contributed by atoms with Gasteiger partial charge in [0, 0.05) is 29.1 Å². The standard InChI is InChI=1S/C23H22N2O3/c1-16-8-9-19-18(15-28-21(19)13-16)14-22(26)24-11-4-12-27-20-7-2-5-17-6-3-10-25-23(17)20/h2-3,5-10,13,15H,4,11-12,14H2,1H3,(H,24,26). The molecule has 4 rings (SSSR count). The second kappa shape index (κ2) is 8.13. The van der Waals surface area contributed by atoms with Gasteiger partial charge in [0.2, 0.25) is 5.91 Å². The molecule has 0 aliphatic carbocycles. The molecule has 0 spiro atoms. The Hall–Kier alpha value is -3.34. The number of para-hydroxylation sites is 1. The van der Waals surface area contributed by atoms with Gasteiger partial charge in [0.25, 0.3) is 0 Å². The van der Waals surface area contributed by atoms with E-state index in [4.69, 9.17) is 9.15 Å². The SMILES string of the molecule is Cc1ccc2c(CC(=O)NCCCOc3cccc4cccnc34)coc2c1. The van der Waals surface area contributed by atoms with Gasteiger partial charge in [-0.05, 0) is 37.1 Å². The van der Waals surface area contributed by atoms with Crippen LogP contribution < -0.4 is 10.1 Å². The van der Waals surface area contributed by atoms with Crippen LogP contribution in [0.25, 0.3) is 21.9 Å². The van der Waals surface area contributed by atoms with E-state index in [-0.39, 0.29) is 5.91 Å². The summed E-state index contributed by atoms with van der Waals surface area (Å²) in [4.78, 5) is 16.6. The summed E-state index contributed by atoms with van der Waals surface area (Å²) in [5.74, 6) is 0.750. The fourth-order valence-corrected chi connectivity index (χ4v) is 3.24.